The van der Waals surface area contributed by atoms with E-state index < -0.39 is 15.8 Å². The summed E-state index contributed by atoms with van der Waals surface area (Å²) in [6.45, 7) is -0.0653. The topological polar surface area (TPSA) is 100 Å². The van der Waals surface area contributed by atoms with Crippen LogP contribution in [-0.4, -0.2) is 31.9 Å². The lowest BCUT2D eigenvalue weighted by Gasteiger charge is -2.34. The third-order valence-corrected chi connectivity index (χ3v) is 8.40. The van der Waals surface area contributed by atoms with Gasteiger partial charge in [0.25, 0.3) is 0 Å². The molecule has 1 amide bonds. The SMILES string of the molecule is N#CCNC(=O)[C@@H]1CCC(SCc2ccco2)C[C@H]1CS(=O)(=O)c1ccccc1. The maximum Gasteiger partial charge on any atom is 0.224 e. The number of carbonyl (C=O) groups excluding carboxylic acids is 1. The van der Waals surface area contributed by atoms with Crippen LogP contribution in [0.15, 0.2) is 58.0 Å². The second kappa shape index (κ2) is 9.99. The molecule has 6 nitrogen and oxygen atoms in total. The Kier molecular flexibility index (Phi) is 7.40. The van der Waals surface area contributed by atoms with Gasteiger partial charge in [-0.3, -0.25) is 4.79 Å². The van der Waals surface area contributed by atoms with Crippen molar-refractivity contribution in [2.24, 2.45) is 11.8 Å². The smallest absolute Gasteiger partial charge is 0.224 e. The average molecular weight is 433 g/mol. The van der Waals surface area contributed by atoms with Gasteiger partial charge >= 0.3 is 0 Å². The molecular weight excluding hydrogens is 408 g/mol. The minimum absolute atomic E-state index is 0.0653. The Morgan fingerprint density at radius 1 is 1.21 bits per heavy atom. The molecule has 1 N–H and O–H groups in total. The highest BCUT2D eigenvalue weighted by Gasteiger charge is 2.38. The van der Waals surface area contributed by atoms with Crippen molar-refractivity contribution >= 4 is 27.5 Å². The fraction of sp³-hybridized carbons (Fsp3) is 0.429. The maximum atomic E-state index is 12.9. The van der Waals surface area contributed by atoms with E-state index in [1.807, 2.05) is 18.2 Å². The minimum Gasteiger partial charge on any atom is -0.468 e. The van der Waals surface area contributed by atoms with E-state index in [1.54, 1.807) is 48.4 Å². The molecule has 1 aromatic carbocycles. The van der Waals surface area contributed by atoms with E-state index in [0.717, 1.165) is 17.9 Å². The molecule has 0 radical (unpaired) electrons. The summed E-state index contributed by atoms with van der Waals surface area (Å²) < 4.78 is 31.2. The quantitative estimate of drug-likeness (QED) is 0.642. The molecule has 8 heteroatoms. The Morgan fingerprint density at radius 2 is 2.00 bits per heavy atom. The third-order valence-electron chi connectivity index (χ3n) is 5.19. The lowest BCUT2D eigenvalue weighted by Crippen LogP contribution is -2.41. The summed E-state index contributed by atoms with van der Waals surface area (Å²) in [5, 5.41) is 11.6. The Balaban J connectivity index is 1.72. The molecule has 1 fully saturated rings. The number of sulfone groups is 1. The molecule has 1 aliphatic rings. The van der Waals surface area contributed by atoms with E-state index in [1.165, 1.54) is 0 Å². The van der Waals surface area contributed by atoms with E-state index >= 15 is 0 Å². The number of furan rings is 1. The lowest BCUT2D eigenvalue weighted by atomic mass is 9.79. The van der Waals surface area contributed by atoms with E-state index in [-0.39, 0.29) is 34.3 Å². The maximum absolute atomic E-state index is 12.9. The lowest BCUT2D eigenvalue weighted by molar-refractivity contribution is -0.127. The van der Waals surface area contributed by atoms with Crippen molar-refractivity contribution in [2.45, 2.75) is 35.2 Å². The van der Waals surface area contributed by atoms with Gasteiger partial charge in [-0.05, 0) is 49.4 Å². The fourth-order valence-electron chi connectivity index (χ4n) is 3.76. The molecular formula is C21H24N2O4S2. The summed E-state index contributed by atoms with van der Waals surface area (Å²) in [5.74, 6) is 0.622. The Morgan fingerprint density at radius 3 is 2.69 bits per heavy atom. The first-order chi connectivity index (χ1) is 14.0. The first-order valence-corrected chi connectivity index (χ1v) is 12.3. The summed E-state index contributed by atoms with van der Waals surface area (Å²) in [5.41, 5.74) is 0. The van der Waals surface area contributed by atoms with Crippen LogP contribution in [0.3, 0.4) is 0 Å². The molecule has 2 aromatic rings. The number of rotatable bonds is 8. The van der Waals surface area contributed by atoms with Gasteiger partial charge in [0.05, 0.1) is 28.7 Å². The number of carbonyl (C=O) groups is 1. The molecule has 3 rings (SSSR count). The number of nitrogens with one attached hydrogen (secondary N) is 1. The third kappa shape index (κ3) is 5.87. The highest BCUT2D eigenvalue weighted by Crippen LogP contribution is 2.39. The molecule has 1 heterocycles. The molecule has 0 saturated heterocycles. The van der Waals surface area contributed by atoms with Crippen molar-refractivity contribution in [1.29, 1.82) is 5.26 Å². The Bertz CT molecular complexity index is 937. The van der Waals surface area contributed by atoms with Crippen LogP contribution in [0.25, 0.3) is 0 Å². The number of benzene rings is 1. The van der Waals surface area contributed by atoms with E-state index in [9.17, 15) is 13.2 Å². The number of amides is 1. The molecule has 0 spiro atoms. The standard InChI is InChI=1S/C21H24N2O4S2/c22-10-11-23-21(24)20-9-8-18(28-14-17-5-4-12-27-17)13-16(20)15-29(25,26)19-6-2-1-3-7-19/h1-7,12,16,18,20H,8-9,11,13-15H2,(H,23,24)/t16-,18?,20+/m0/s1. The largest absolute Gasteiger partial charge is 0.468 e. The number of thioether (sulfide) groups is 1. The summed E-state index contributed by atoms with van der Waals surface area (Å²) in [7, 11) is -3.50. The number of nitriles is 1. The molecule has 1 unspecified atom stereocenters. The second-order valence-electron chi connectivity index (χ2n) is 7.16. The van der Waals surface area contributed by atoms with Crippen molar-refractivity contribution in [2.75, 3.05) is 12.3 Å². The first-order valence-electron chi connectivity index (χ1n) is 9.56. The van der Waals surface area contributed by atoms with Gasteiger partial charge in [-0.1, -0.05) is 18.2 Å². The van der Waals surface area contributed by atoms with Crippen molar-refractivity contribution in [3.63, 3.8) is 0 Å². The van der Waals surface area contributed by atoms with Crippen LogP contribution in [-0.2, 0) is 20.4 Å². The van der Waals surface area contributed by atoms with Crippen LogP contribution in [0, 0.1) is 23.2 Å². The van der Waals surface area contributed by atoms with Gasteiger partial charge in [-0.2, -0.15) is 17.0 Å². The normalized spacial score (nSPS) is 22.0. The zero-order chi connectivity index (χ0) is 20.7. The Hall–Kier alpha value is -2.24. The van der Waals surface area contributed by atoms with Gasteiger partial charge in [-0.15, -0.1) is 0 Å². The minimum atomic E-state index is -3.50. The highest BCUT2D eigenvalue weighted by atomic mass is 32.2. The molecule has 0 aliphatic heterocycles. The molecule has 1 aromatic heterocycles. The molecule has 29 heavy (non-hydrogen) atoms. The highest BCUT2D eigenvalue weighted by molar-refractivity contribution is 7.99. The second-order valence-corrected chi connectivity index (χ2v) is 10.5. The Labute approximate surface area is 175 Å². The molecule has 154 valence electrons. The van der Waals surface area contributed by atoms with E-state index in [4.69, 9.17) is 9.68 Å². The summed E-state index contributed by atoms with van der Waals surface area (Å²) in [6.07, 6.45) is 3.73. The predicted molar refractivity (Wildman–Crippen MR) is 112 cm³/mol. The van der Waals surface area contributed by atoms with Crippen molar-refractivity contribution < 1.29 is 17.6 Å². The van der Waals surface area contributed by atoms with E-state index in [0.29, 0.717) is 12.8 Å². The summed E-state index contributed by atoms with van der Waals surface area (Å²) in [6, 6.07) is 14.0. The van der Waals surface area contributed by atoms with E-state index in [2.05, 4.69) is 5.32 Å². The average Bonchev–Trinajstić information content (AvgIpc) is 3.25. The van der Waals surface area contributed by atoms with Crippen LogP contribution in [0.2, 0.25) is 0 Å². The monoisotopic (exact) mass is 432 g/mol. The van der Waals surface area contributed by atoms with Crippen molar-refractivity contribution in [3.8, 4) is 6.07 Å². The zero-order valence-electron chi connectivity index (χ0n) is 16.0. The molecule has 3 atom stereocenters. The van der Waals surface area contributed by atoms with Crippen LogP contribution < -0.4 is 5.32 Å². The van der Waals surface area contributed by atoms with Gasteiger partial charge in [-0.25, -0.2) is 8.42 Å². The van der Waals surface area contributed by atoms with Gasteiger partial charge in [0.2, 0.25) is 5.91 Å². The number of hydrogen-bond donors (Lipinski definition) is 1. The van der Waals surface area contributed by atoms with Crippen LogP contribution in [0.5, 0.6) is 0 Å². The number of hydrogen-bond acceptors (Lipinski definition) is 6. The summed E-state index contributed by atoms with van der Waals surface area (Å²) >= 11 is 1.74. The van der Waals surface area contributed by atoms with Crippen molar-refractivity contribution in [1.82, 2.24) is 5.32 Å². The molecule has 1 saturated carbocycles. The first kappa shape index (κ1) is 21.5. The van der Waals surface area contributed by atoms with Gasteiger partial charge in [0.15, 0.2) is 9.84 Å². The van der Waals surface area contributed by atoms with Gasteiger partial charge < -0.3 is 9.73 Å². The number of nitrogens with zero attached hydrogens (tertiary/aromatic N) is 1. The predicted octanol–water partition coefficient (Wildman–Crippen LogP) is 3.41. The summed E-state index contributed by atoms with van der Waals surface area (Å²) in [4.78, 5) is 12.8. The van der Waals surface area contributed by atoms with Crippen LogP contribution >= 0.6 is 11.8 Å². The molecule has 0 bridgehead atoms. The van der Waals surface area contributed by atoms with Crippen LogP contribution in [0.4, 0.5) is 0 Å². The fourth-order valence-corrected chi connectivity index (χ4v) is 6.71. The molecule has 1 aliphatic carbocycles. The van der Waals surface area contributed by atoms with Gasteiger partial charge in [0, 0.05) is 11.2 Å². The zero-order valence-corrected chi connectivity index (χ0v) is 17.6. The van der Waals surface area contributed by atoms with Gasteiger partial charge in [0.1, 0.15) is 12.3 Å². The van der Waals surface area contributed by atoms with Crippen molar-refractivity contribution in [3.05, 3.63) is 54.5 Å². The van der Waals surface area contributed by atoms with Crippen LogP contribution in [0.1, 0.15) is 25.0 Å².